The number of hydrogen-bond acceptors (Lipinski definition) is 3. The van der Waals surface area contributed by atoms with Crippen molar-refractivity contribution < 1.29 is 27.2 Å². The molecular weight excluding hydrogens is 302 g/mol. The summed E-state index contributed by atoms with van der Waals surface area (Å²) >= 11 is 0. The number of halogens is 4. The second-order valence-corrected chi connectivity index (χ2v) is 6.45. The van der Waals surface area contributed by atoms with E-state index in [4.69, 9.17) is 4.84 Å². The van der Waals surface area contributed by atoms with Gasteiger partial charge in [-0.05, 0) is 39.0 Å². The Labute approximate surface area is 125 Å². The molecule has 1 atom stereocenters. The molecule has 122 valence electrons. The van der Waals surface area contributed by atoms with E-state index < -0.39 is 47.9 Å². The molecule has 0 N–H and O–H groups in total. The summed E-state index contributed by atoms with van der Waals surface area (Å²) in [5, 5.41) is 0.742. The summed E-state index contributed by atoms with van der Waals surface area (Å²) in [6.45, 7) is 3.86. The molecule has 1 aliphatic rings. The first-order valence-electron chi connectivity index (χ1n) is 6.81. The van der Waals surface area contributed by atoms with Crippen molar-refractivity contribution in [1.29, 1.82) is 0 Å². The Morgan fingerprint density at radius 2 is 1.95 bits per heavy atom. The molecule has 1 aliphatic heterocycles. The van der Waals surface area contributed by atoms with Crippen LogP contribution in [0.15, 0.2) is 18.2 Å². The van der Waals surface area contributed by atoms with E-state index in [0.29, 0.717) is 0 Å². The first-order chi connectivity index (χ1) is 9.99. The van der Waals surface area contributed by atoms with Gasteiger partial charge in [-0.1, -0.05) is 0 Å². The molecule has 1 unspecified atom stereocenters. The highest BCUT2D eigenvalue weighted by molar-refractivity contribution is 5.75. The molecule has 1 aromatic rings. The summed E-state index contributed by atoms with van der Waals surface area (Å²) in [5.74, 6) is -5.43. The molecule has 0 saturated carbocycles. The summed E-state index contributed by atoms with van der Waals surface area (Å²) < 4.78 is 54.5. The Balaban J connectivity index is 2.31. The molecule has 7 heteroatoms. The van der Waals surface area contributed by atoms with Gasteiger partial charge in [0.2, 0.25) is 0 Å². The van der Waals surface area contributed by atoms with Crippen molar-refractivity contribution in [3.63, 3.8) is 0 Å². The topological polar surface area (TPSA) is 29.5 Å². The second-order valence-electron chi connectivity index (χ2n) is 6.45. The molecule has 0 radical (unpaired) electrons. The molecular formula is C15H17F4NO2. The van der Waals surface area contributed by atoms with Gasteiger partial charge in [0.15, 0.2) is 0 Å². The lowest BCUT2D eigenvalue weighted by molar-refractivity contribution is -0.208. The lowest BCUT2D eigenvalue weighted by Crippen LogP contribution is -2.35. The average molecular weight is 319 g/mol. The third-order valence-corrected chi connectivity index (χ3v) is 3.36. The van der Waals surface area contributed by atoms with Crippen LogP contribution in [0.1, 0.15) is 38.8 Å². The van der Waals surface area contributed by atoms with Crippen molar-refractivity contribution in [3.8, 4) is 0 Å². The van der Waals surface area contributed by atoms with Gasteiger partial charge >= 0.3 is 5.97 Å². The highest BCUT2D eigenvalue weighted by Crippen LogP contribution is 2.42. The van der Waals surface area contributed by atoms with Crippen LogP contribution in [-0.4, -0.2) is 23.5 Å². The number of hydrogen-bond donors (Lipinski definition) is 0. The fourth-order valence-electron chi connectivity index (χ4n) is 2.16. The molecule has 1 fully saturated rings. The van der Waals surface area contributed by atoms with Crippen molar-refractivity contribution in [1.82, 2.24) is 5.06 Å². The molecule has 0 spiro atoms. The molecule has 1 heterocycles. The van der Waals surface area contributed by atoms with E-state index in [1.807, 2.05) is 0 Å². The number of rotatable bonds is 2. The maximum atomic E-state index is 13.8. The molecule has 0 bridgehead atoms. The SMILES string of the molecule is CC(C)(C)C(=O)ON1CC(F)(F)CC1c1cc(F)ccc1F. The largest absolute Gasteiger partial charge is 0.367 e. The zero-order valence-electron chi connectivity index (χ0n) is 12.5. The van der Waals surface area contributed by atoms with E-state index in [-0.39, 0.29) is 5.56 Å². The van der Waals surface area contributed by atoms with Gasteiger partial charge in [-0.2, -0.15) is 0 Å². The maximum Gasteiger partial charge on any atom is 0.330 e. The van der Waals surface area contributed by atoms with Gasteiger partial charge in [0.25, 0.3) is 5.92 Å². The third-order valence-electron chi connectivity index (χ3n) is 3.36. The zero-order valence-corrected chi connectivity index (χ0v) is 12.5. The monoisotopic (exact) mass is 319 g/mol. The van der Waals surface area contributed by atoms with Crippen LogP contribution in [0.3, 0.4) is 0 Å². The van der Waals surface area contributed by atoms with Gasteiger partial charge in [-0.3, -0.25) is 0 Å². The summed E-state index contributed by atoms with van der Waals surface area (Å²) in [5.41, 5.74) is -1.15. The van der Waals surface area contributed by atoms with Gasteiger partial charge in [-0.25, -0.2) is 22.4 Å². The van der Waals surface area contributed by atoms with Gasteiger partial charge < -0.3 is 4.84 Å². The number of nitrogens with zero attached hydrogens (tertiary/aromatic N) is 1. The Kier molecular flexibility index (Phi) is 4.21. The molecule has 1 saturated heterocycles. The summed E-state index contributed by atoms with van der Waals surface area (Å²) in [4.78, 5) is 16.9. The highest BCUT2D eigenvalue weighted by Gasteiger charge is 2.49. The smallest absolute Gasteiger partial charge is 0.330 e. The van der Waals surface area contributed by atoms with E-state index >= 15 is 0 Å². The summed E-state index contributed by atoms with van der Waals surface area (Å²) in [6, 6.07) is 1.39. The lowest BCUT2D eigenvalue weighted by Gasteiger charge is -2.26. The van der Waals surface area contributed by atoms with Crippen molar-refractivity contribution in [2.75, 3.05) is 6.54 Å². The number of benzene rings is 1. The van der Waals surface area contributed by atoms with E-state index in [1.54, 1.807) is 20.8 Å². The average Bonchev–Trinajstić information content (AvgIpc) is 2.66. The van der Waals surface area contributed by atoms with Crippen LogP contribution in [0, 0.1) is 17.0 Å². The minimum atomic E-state index is -3.15. The van der Waals surface area contributed by atoms with Crippen molar-refractivity contribution in [2.24, 2.45) is 5.41 Å². The Morgan fingerprint density at radius 1 is 1.32 bits per heavy atom. The van der Waals surface area contributed by atoms with Crippen LogP contribution >= 0.6 is 0 Å². The van der Waals surface area contributed by atoms with E-state index in [9.17, 15) is 22.4 Å². The Hall–Kier alpha value is -1.63. The highest BCUT2D eigenvalue weighted by atomic mass is 19.3. The van der Waals surface area contributed by atoms with Gasteiger partial charge in [-0.15, -0.1) is 5.06 Å². The van der Waals surface area contributed by atoms with Gasteiger partial charge in [0, 0.05) is 12.0 Å². The zero-order chi connectivity index (χ0) is 16.7. The quantitative estimate of drug-likeness (QED) is 0.776. The number of carbonyl (C=O) groups excluding carboxylic acids is 1. The molecule has 3 nitrogen and oxygen atoms in total. The predicted molar refractivity (Wildman–Crippen MR) is 70.9 cm³/mol. The van der Waals surface area contributed by atoms with Crippen molar-refractivity contribution in [2.45, 2.75) is 39.2 Å². The van der Waals surface area contributed by atoms with Crippen molar-refractivity contribution >= 4 is 5.97 Å². The van der Waals surface area contributed by atoms with Gasteiger partial charge in [0.1, 0.15) is 11.6 Å². The van der Waals surface area contributed by atoms with E-state index in [2.05, 4.69) is 0 Å². The van der Waals surface area contributed by atoms with Crippen LogP contribution in [0.4, 0.5) is 17.6 Å². The normalized spacial score (nSPS) is 21.9. The molecule has 1 aromatic carbocycles. The van der Waals surface area contributed by atoms with E-state index in [0.717, 1.165) is 23.3 Å². The Bertz CT molecular complexity index is 583. The van der Waals surface area contributed by atoms with Crippen molar-refractivity contribution in [3.05, 3.63) is 35.4 Å². The van der Waals surface area contributed by atoms with Crippen LogP contribution in [-0.2, 0) is 9.63 Å². The van der Waals surface area contributed by atoms with E-state index in [1.165, 1.54) is 0 Å². The van der Waals surface area contributed by atoms with Crippen LogP contribution in [0.25, 0.3) is 0 Å². The summed E-state index contributed by atoms with van der Waals surface area (Å²) in [7, 11) is 0. The molecule has 0 aromatic heterocycles. The molecule has 22 heavy (non-hydrogen) atoms. The van der Waals surface area contributed by atoms with Crippen LogP contribution in [0.5, 0.6) is 0 Å². The minimum Gasteiger partial charge on any atom is -0.367 e. The van der Waals surface area contributed by atoms with Crippen LogP contribution < -0.4 is 0 Å². The second kappa shape index (κ2) is 5.53. The fourth-order valence-corrected chi connectivity index (χ4v) is 2.16. The third kappa shape index (κ3) is 3.58. The first kappa shape index (κ1) is 16.7. The molecule has 0 aliphatic carbocycles. The first-order valence-corrected chi connectivity index (χ1v) is 6.81. The number of carbonyl (C=O) groups is 1. The fraction of sp³-hybridized carbons (Fsp3) is 0.533. The van der Waals surface area contributed by atoms with Crippen LogP contribution in [0.2, 0.25) is 0 Å². The number of alkyl halides is 2. The summed E-state index contributed by atoms with van der Waals surface area (Å²) in [6.07, 6.45) is -0.745. The Morgan fingerprint density at radius 3 is 2.55 bits per heavy atom. The molecule has 2 rings (SSSR count). The molecule has 0 amide bonds. The number of hydroxylamine groups is 2. The lowest BCUT2D eigenvalue weighted by atomic mass is 9.98. The maximum absolute atomic E-state index is 13.8. The van der Waals surface area contributed by atoms with Gasteiger partial charge in [0.05, 0.1) is 18.0 Å². The standard InChI is InChI=1S/C15H17F4NO2/c1-14(2,3)13(21)22-20-8-15(18,19)7-12(20)10-6-9(16)4-5-11(10)17/h4-6,12H,7-8H2,1-3H3. The minimum absolute atomic E-state index is 0.251. The predicted octanol–water partition coefficient (Wildman–Crippen LogP) is 3.85.